The van der Waals surface area contributed by atoms with Crippen LogP contribution in [0.1, 0.15) is 49.5 Å². The van der Waals surface area contributed by atoms with Gasteiger partial charge in [0.1, 0.15) is 11.3 Å². The lowest BCUT2D eigenvalue weighted by Crippen LogP contribution is -2.09. The van der Waals surface area contributed by atoms with Crippen molar-refractivity contribution in [3.8, 4) is 0 Å². The van der Waals surface area contributed by atoms with Crippen LogP contribution in [0, 0.1) is 6.92 Å². The van der Waals surface area contributed by atoms with Gasteiger partial charge in [0, 0.05) is 10.9 Å². The molecule has 0 radical (unpaired) electrons. The summed E-state index contributed by atoms with van der Waals surface area (Å²) >= 11 is 12.6. The second-order valence-electron chi connectivity index (χ2n) is 6.11. The molecule has 5 heteroatoms. The van der Waals surface area contributed by atoms with Gasteiger partial charge in [-0.2, -0.15) is 0 Å². The van der Waals surface area contributed by atoms with Gasteiger partial charge in [-0.3, -0.25) is 4.40 Å². The minimum atomic E-state index is 0.496. The smallest absolute Gasteiger partial charge is 0.155 e. The Labute approximate surface area is 139 Å². The monoisotopic (exact) mass is 333 g/mol. The minimum absolute atomic E-state index is 0.496. The first kappa shape index (κ1) is 14.3. The predicted molar refractivity (Wildman–Crippen MR) is 91.1 cm³/mol. The summed E-state index contributed by atoms with van der Waals surface area (Å²) in [6.07, 6.45) is 6.26. The van der Waals surface area contributed by atoms with E-state index in [1.54, 1.807) is 0 Å². The van der Waals surface area contributed by atoms with Crippen LogP contribution in [-0.4, -0.2) is 14.4 Å². The fourth-order valence-corrected chi connectivity index (χ4v) is 4.08. The summed E-state index contributed by atoms with van der Waals surface area (Å²) in [5.41, 5.74) is 3.71. The molecular weight excluding hydrogens is 317 g/mol. The summed E-state index contributed by atoms with van der Waals surface area (Å²) in [5, 5.41) is 1.22. The van der Waals surface area contributed by atoms with Crippen molar-refractivity contribution in [1.82, 2.24) is 14.4 Å². The van der Waals surface area contributed by atoms with Crippen molar-refractivity contribution >= 4 is 39.8 Å². The van der Waals surface area contributed by atoms with E-state index in [0.29, 0.717) is 16.1 Å². The number of benzene rings is 1. The zero-order chi connectivity index (χ0) is 15.3. The van der Waals surface area contributed by atoms with Gasteiger partial charge >= 0.3 is 0 Å². The lowest BCUT2D eigenvalue weighted by molar-refractivity contribution is 0.428. The molecule has 1 aromatic carbocycles. The van der Waals surface area contributed by atoms with Crippen LogP contribution in [0.3, 0.4) is 0 Å². The third-order valence-corrected chi connectivity index (χ3v) is 5.14. The van der Waals surface area contributed by atoms with Crippen molar-refractivity contribution < 1.29 is 0 Å². The molecule has 3 aromatic rings. The van der Waals surface area contributed by atoms with Gasteiger partial charge in [0.05, 0.1) is 16.7 Å². The maximum atomic E-state index is 6.43. The van der Waals surface area contributed by atoms with E-state index in [2.05, 4.69) is 9.38 Å². The van der Waals surface area contributed by atoms with Crippen LogP contribution < -0.4 is 0 Å². The molecule has 2 heterocycles. The number of imidazole rings is 1. The van der Waals surface area contributed by atoms with Gasteiger partial charge in [-0.05, 0) is 38.0 Å². The van der Waals surface area contributed by atoms with Crippen LogP contribution in [-0.2, 0) is 0 Å². The molecule has 1 saturated carbocycles. The maximum absolute atomic E-state index is 6.43. The number of halogens is 2. The Morgan fingerprint density at radius 3 is 2.64 bits per heavy atom. The molecule has 1 aliphatic carbocycles. The average molecular weight is 334 g/mol. The van der Waals surface area contributed by atoms with Gasteiger partial charge in [0.15, 0.2) is 5.15 Å². The number of aryl methyl sites for hydroxylation is 1. The molecular formula is C17H17Cl2N3. The van der Waals surface area contributed by atoms with Gasteiger partial charge in [0.25, 0.3) is 0 Å². The first-order valence-corrected chi connectivity index (χ1v) is 8.54. The van der Waals surface area contributed by atoms with Crippen LogP contribution in [0.4, 0.5) is 0 Å². The highest BCUT2D eigenvalue weighted by atomic mass is 35.5. The molecule has 0 unspecified atom stereocenters. The molecule has 0 spiro atoms. The van der Waals surface area contributed by atoms with E-state index in [1.165, 1.54) is 32.1 Å². The summed E-state index contributed by atoms with van der Waals surface area (Å²) in [5.74, 6) is 1.61. The number of hydrogen-bond donors (Lipinski definition) is 0. The Hall–Kier alpha value is -1.32. The van der Waals surface area contributed by atoms with Gasteiger partial charge < -0.3 is 0 Å². The van der Waals surface area contributed by atoms with E-state index >= 15 is 0 Å². The Morgan fingerprint density at radius 2 is 1.86 bits per heavy atom. The number of aromatic nitrogens is 3. The highest BCUT2D eigenvalue weighted by molar-refractivity contribution is 6.33. The highest BCUT2D eigenvalue weighted by Crippen LogP contribution is 2.36. The van der Waals surface area contributed by atoms with Crippen molar-refractivity contribution in [2.45, 2.75) is 44.9 Å². The number of hydrogen-bond acceptors (Lipinski definition) is 2. The predicted octanol–water partition coefficient (Wildman–Crippen LogP) is 5.55. The summed E-state index contributed by atoms with van der Waals surface area (Å²) in [4.78, 5) is 9.36. The number of rotatable bonds is 1. The van der Waals surface area contributed by atoms with E-state index in [1.807, 2.05) is 25.1 Å². The summed E-state index contributed by atoms with van der Waals surface area (Å²) in [6, 6.07) is 5.73. The Balaban J connectivity index is 2.08. The molecule has 22 heavy (non-hydrogen) atoms. The second kappa shape index (κ2) is 5.39. The average Bonchev–Trinajstić information content (AvgIpc) is 2.88. The fraction of sp³-hybridized carbons (Fsp3) is 0.412. The molecule has 2 aromatic heterocycles. The van der Waals surface area contributed by atoms with E-state index in [-0.39, 0.29) is 0 Å². The fourth-order valence-electron chi connectivity index (χ4n) is 3.60. The lowest BCUT2D eigenvalue weighted by atomic mass is 9.89. The molecule has 1 aliphatic rings. The van der Waals surface area contributed by atoms with Crippen molar-refractivity contribution in [2.24, 2.45) is 0 Å². The third kappa shape index (κ3) is 2.19. The van der Waals surface area contributed by atoms with Gasteiger partial charge in [-0.15, -0.1) is 0 Å². The van der Waals surface area contributed by atoms with E-state index in [9.17, 15) is 0 Å². The molecule has 0 aliphatic heterocycles. The summed E-state index contributed by atoms with van der Waals surface area (Å²) in [6.45, 7) is 2.01. The Kier molecular flexibility index (Phi) is 3.50. The quantitative estimate of drug-likeness (QED) is 0.584. The van der Waals surface area contributed by atoms with Crippen LogP contribution >= 0.6 is 23.2 Å². The SMILES string of the molecule is Cc1nc(C2CCCCC2)n2c1c(Cl)nc1ccc(Cl)cc12. The summed E-state index contributed by atoms with van der Waals surface area (Å²) < 4.78 is 2.18. The molecule has 3 nitrogen and oxygen atoms in total. The van der Waals surface area contributed by atoms with E-state index in [0.717, 1.165) is 28.1 Å². The Bertz CT molecular complexity index is 863. The van der Waals surface area contributed by atoms with Crippen molar-refractivity contribution in [3.05, 3.63) is 39.9 Å². The second-order valence-corrected chi connectivity index (χ2v) is 6.90. The number of fused-ring (bicyclic) bond motifs is 3. The number of nitrogens with zero attached hydrogens (tertiary/aromatic N) is 3. The molecule has 114 valence electrons. The molecule has 0 bridgehead atoms. The normalized spacial score (nSPS) is 16.7. The van der Waals surface area contributed by atoms with Gasteiger partial charge in [-0.25, -0.2) is 9.97 Å². The van der Waals surface area contributed by atoms with Crippen molar-refractivity contribution in [2.75, 3.05) is 0 Å². The first-order chi connectivity index (χ1) is 10.6. The van der Waals surface area contributed by atoms with Crippen LogP contribution in [0.5, 0.6) is 0 Å². The van der Waals surface area contributed by atoms with Gasteiger partial charge in [-0.1, -0.05) is 42.5 Å². The largest absolute Gasteiger partial charge is 0.291 e. The Morgan fingerprint density at radius 1 is 1.09 bits per heavy atom. The van der Waals surface area contributed by atoms with Crippen LogP contribution in [0.2, 0.25) is 10.2 Å². The zero-order valence-electron chi connectivity index (χ0n) is 12.4. The third-order valence-electron chi connectivity index (χ3n) is 4.64. The molecule has 0 N–H and O–H groups in total. The molecule has 4 rings (SSSR count). The highest BCUT2D eigenvalue weighted by Gasteiger charge is 2.24. The van der Waals surface area contributed by atoms with E-state index in [4.69, 9.17) is 28.2 Å². The molecule has 0 amide bonds. The first-order valence-electron chi connectivity index (χ1n) is 7.79. The van der Waals surface area contributed by atoms with Crippen molar-refractivity contribution in [1.29, 1.82) is 0 Å². The van der Waals surface area contributed by atoms with Crippen LogP contribution in [0.25, 0.3) is 16.6 Å². The minimum Gasteiger partial charge on any atom is -0.291 e. The molecule has 0 atom stereocenters. The zero-order valence-corrected chi connectivity index (χ0v) is 14.0. The standard InChI is InChI=1S/C17H17Cl2N3/c1-10-15-16(19)21-13-8-7-12(18)9-14(13)22(15)17(20-10)11-5-3-2-4-6-11/h7-9,11H,2-6H2,1H3. The van der Waals surface area contributed by atoms with Gasteiger partial charge in [0.2, 0.25) is 0 Å². The topological polar surface area (TPSA) is 30.2 Å². The van der Waals surface area contributed by atoms with Crippen LogP contribution in [0.15, 0.2) is 18.2 Å². The molecule has 0 saturated heterocycles. The maximum Gasteiger partial charge on any atom is 0.155 e. The lowest BCUT2D eigenvalue weighted by Gasteiger charge is -2.21. The molecule has 1 fully saturated rings. The van der Waals surface area contributed by atoms with Crippen molar-refractivity contribution in [3.63, 3.8) is 0 Å². The van der Waals surface area contributed by atoms with E-state index < -0.39 is 0 Å². The summed E-state index contributed by atoms with van der Waals surface area (Å²) in [7, 11) is 0.